The molecule has 1 fully saturated rings. The van der Waals surface area contributed by atoms with Crippen molar-refractivity contribution in [2.24, 2.45) is 5.92 Å². The van der Waals surface area contributed by atoms with E-state index in [1.807, 2.05) is 12.1 Å². The van der Waals surface area contributed by atoms with E-state index in [0.717, 1.165) is 60.4 Å². The van der Waals surface area contributed by atoms with Crippen LogP contribution in [0.4, 0.5) is 0 Å². The van der Waals surface area contributed by atoms with Crippen molar-refractivity contribution in [1.82, 2.24) is 4.90 Å². The van der Waals surface area contributed by atoms with E-state index in [-0.39, 0.29) is 12.5 Å². The zero-order valence-electron chi connectivity index (χ0n) is 17.5. The van der Waals surface area contributed by atoms with Crippen molar-refractivity contribution in [3.63, 3.8) is 0 Å². The van der Waals surface area contributed by atoms with Gasteiger partial charge in [0.25, 0.3) is 5.09 Å². The number of ether oxygens (including phenoxy) is 1. The molecular weight excluding hydrogens is 420 g/mol. The van der Waals surface area contributed by atoms with Crippen molar-refractivity contribution in [1.29, 1.82) is 0 Å². The van der Waals surface area contributed by atoms with Crippen molar-refractivity contribution < 1.29 is 23.1 Å². The number of rotatable bonds is 7. The summed E-state index contributed by atoms with van der Waals surface area (Å²) in [4.78, 5) is 17.7. The summed E-state index contributed by atoms with van der Waals surface area (Å²) in [6.07, 6.45) is 3.94. The van der Waals surface area contributed by atoms with Gasteiger partial charge < -0.3 is 9.57 Å². The molecule has 2 aliphatic rings. The van der Waals surface area contributed by atoms with Crippen LogP contribution >= 0.6 is 0 Å². The summed E-state index contributed by atoms with van der Waals surface area (Å²) in [7, 11) is -3.25. The Labute approximate surface area is 181 Å². The predicted octanol–water partition coefficient (Wildman–Crippen LogP) is 3.11. The summed E-state index contributed by atoms with van der Waals surface area (Å²) < 4.78 is 29.4. The highest BCUT2D eigenvalue weighted by Gasteiger charge is 2.24. The Hall–Kier alpha value is -2.65. The molecule has 1 atom stereocenters. The van der Waals surface area contributed by atoms with Crippen molar-refractivity contribution in [2.45, 2.75) is 30.7 Å². The van der Waals surface area contributed by atoms with Gasteiger partial charge in [-0.15, -0.1) is 10.1 Å². The third kappa shape index (κ3) is 5.16. The molecule has 2 aromatic carbocycles. The second-order valence-electron chi connectivity index (χ2n) is 8.27. The molecule has 0 amide bonds. The van der Waals surface area contributed by atoms with Gasteiger partial charge in [0, 0.05) is 25.8 Å². The molecule has 0 spiro atoms. The fraction of sp³-hybridized carbons (Fsp3) is 0.455. The minimum Gasteiger partial charge on any atom is -0.493 e. The van der Waals surface area contributed by atoms with E-state index in [2.05, 4.69) is 21.9 Å². The lowest BCUT2D eigenvalue weighted by atomic mass is 9.94. The molecule has 0 N–H and O–H groups in total. The minimum atomic E-state index is -3.25. The van der Waals surface area contributed by atoms with E-state index >= 15 is 0 Å². The summed E-state index contributed by atoms with van der Waals surface area (Å²) >= 11 is 0. The number of nitrogens with zero attached hydrogens (tertiary/aromatic N) is 2. The number of likely N-dealkylation sites (tertiary alicyclic amines) is 1. The lowest BCUT2D eigenvalue weighted by Gasteiger charge is -2.32. The Bertz CT molecular complexity index is 1070. The highest BCUT2D eigenvalue weighted by Crippen LogP contribution is 2.35. The largest absolute Gasteiger partial charge is 0.493 e. The maximum absolute atomic E-state index is 11.8. The first-order valence-electron chi connectivity index (χ1n) is 10.4. The molecule has 8 nitrogen and oxygen atoms in total. The zero-order chi connectivity index (χ0) is 22.0. The van der Waals surface area contributed by atoms with Gasteiger partial charge in [-0.3, -0.25) is 4.90 Å². The van der Waals surface area contributed by atoms with Gasteiger partial charge in [0.05, 0.1) is 11.5 Å². The summed E-state index contributed by atoms with van der Waals surface area (Å²) in [6, 6.07) is 11.2. The van der Waals surface area contributed by atoms with Gasteiger partial charge in [0.15, 0.2) is 9.84 Å². The molecule has 1 saturated heterocycles. The van der Waals surface area contributed by atoms with Crippen LogP contribution in [0.5, 0.6) is 5.75 Å². The normalized spacial score (nSPS) is 18.9. The van der Waals surface area contributed by atoms with Gasteiger partial charge >= 0.3 is 0 Å². The summed E-state index contributed by atoms with van der Waals surface area (Å²) in [5.74, 6) is 1.03. The van der Waals surface area contributed by atoms with Gasteiger partial charge in [0.1, 0.15) is 12.4 Å². The first-order chi connectivity index (χ1) is 14.8. The van der Waals surface area contributed by atoms with Crippen LogP contribution < -0.4 is 4.74 Å². The molecular formula is C22H26N2O6S. The SMILES string of the molecule is CS(=O)(=O)c1ccc(-c2cc3c(cc2CN2CCCC(CO[N+](=O)[O-])C2)OCC3)cc1. The molecule has 9 heteroatoms. The van der Waals surface area contributed by atoms with E-state index in [1.165, 1.54) is 6.26 Å². The van der Waals surface area contributed by atoms with Crippen LogP contribution in [0.15, 0.2) is 41.3 Å². The van der Waals surface area contributed by atoms with E-state index in [4.69, 9.17) is 4.74 Å². The molecule has 2 aromatic rings. The van der Waals surface area contributed by atoms with Crippen LogP contribution in [-0.2, 0) is 27.6 Å². The highest BCUT2D eigenvalue weighted by atomic mass is 32.2. The van der Waals surface area contributed by atoms with Crippen molar-refractivity contribution >= 4 is 9.84 Å². The second kappa shape index (κ2) is 8.84. The van der Waals surface area contributed by atoms with Crippen molar-refractivity contribution in [2.75, 3.05) is 32.6 Å². The van der Waals surface area contributed by atoms with Gasteiger partial charge in [-0.25, -0.2) is 8.42 Å². The number of benzene rings is 2. The molecule has 0 aromatic heterocycles. The molecule has 166 valence electrons. The summed E-state index contributed by atoms with van der Waals surface area (Å²) in [5.41, 5.74) is 4.28. The van der Waals surface area contributed by atoms with Crippen molar-refractivity contribution in [3.8, 4) is 16.9 Å². The molecule has 4 rings (SSSR count). The number of piperidine rings is 1. The van der Waals surface area contributed by atoms with E-state index in [9.17, 15) is 18.5 Å². The topological polar surface area (TPSA) is 99.0 Å². The maximum Gasteiger partial charge on any atom is 0.294 e. The number of hydrogen-bond acceptors (Lipinski definition) is 7. The fourth-order valence-electron chi connectivity index (χ4n) is 4.39. The lowest BCUT2D eigenvalue weighted by Crippen LogP contribution is -2.37. The van der Waals surface area contributed by atoms with Crippen LogP contribution in [0.3, 0.4) is 0 Å². The Morgan fingerprint density at radius 2 is 2.03 bits per heavy atom. The van der Waals surface area contributed by atoms with E-state index in [1.54, 1.807) is 12.1 Å². The number of hydrogen-bond donors (Lipinski definition) is 0. The molecule has 2 heterocycles. The molecule has 0 radical (unpaired) electrons. The molecule has 0 bridgehead atoms. The summed E-state index contributed by atoms with van der Waals surface area (Å²) in [6.45, 7) is 3.12. The van der Waals surface area contributed by atoms with Crippen LogP contribution in [0.25, 0.3) is 11.1 Å². The lowest BCUT2D eigenvalue weighted by molar-refractivity contribution is -0.759. The molecule has 31 heavy (non-hydrogen) atoms. The predicted molar refractivity (Wildman–Crippen MR) is 115 cm³/mol. The van der Waals surface area contributed by atoms with Gasteiger partial charge in [-0.05, 0) is 71.8 Å². The van der Waals surface area contributed by atoms with Gasteiger partial charge in [0.2, 0.25) is 0 Å². The van der Waals surface area contributed by atoms with Crippen LogP contribution in [-0.4, -0.2) is 51.0 Å². The average molecular weight is 447 g/mol. The standard InChI is InChI=1S/C22H26N2O6S/c1-31(27,28)20-6-4-17(5-7-20)21-11-18-8-10-29-22(18)12-19(21)14-23-9-2-3-16(13-23)15-30-24(25)26/h4-7,11-12,16H,2-3,8-10,13-15H2,1H3. The van der Waals surface area contributed by atoms with E-state index in [0.29, 0.717) is 18.0 Å². The summed E-state index contributed by atoms with van der Waals surface area (Å²) in [5, 5.41) is 9.80. The third-order valence-corrected chi connectivity index (χ3v) is 7.05. The average Bonchev–Trinajstić information content (AvgIpc) is 3.19. The first kappa shape index (κ1) is 21.6. The Balaban J connectivity index is 1.59. The zero-order valence-corrected chi connectivity index (χ0v) is 18.3. The number of fused-ring (bicyclic) bond motifs is 1. The Kier molecular flexibility index (Phi) is 6.15. The quantitative estimate of drug-likeness (QED) is 0.476. The minimum absolute atomic E-state index is 0.122. The second-order valence-corrected chi connectivity index (χ2v) is 10.3. The van der Waals surface area contributed by atoms with Crippen molar-refractivity contribution in [3.05, 3.63) is 57.6 Å². The highest BCUT2D eigenvalue weighted by molar-refractivity contribution is 7.90. The maximum atomic E-state index is 11.8. The van der Waals surface area contributed by atoms with Crippen LogP contribution in [0, 0.1) is 16.0 Å². The number of sulfone groups is 1. The molecule has 2 aliphatic heterocycles. The fourth-order valence-corrected chi connectivity index (χ4v) is 5.02. The molecule has 1 unspecified atom stereocenters. The van der Waals surface area contributed by atoms with Gasteiger partial charge in [-0.1, -0.05) is 12.1 Å². The van der Waals surface area contributed by atoms with E-state index < -0.39 is 14.9 Å². The monoisotopic (exact) mass is 446 g/mol. The smallest absolute Gasteiger partial charge is 0.294 e. The Morgan fingerprint density at radius 3 is 2.74 bits per heavy atom. The van der Waals surface area contributed by atoms with Crippen LogP contribution in [0.2, 0.25) is 0 Å². The molecule has 0 aliphatic carbocycles. The Morgan fingerprint density at radius 1 is 1.26 bits per heavy atom. The van der Waals surface area contributed by atoms with Gasteiger partial charge in [-0.2, -0.15) is 0 Å². The first-order valence-corrected chi connectivity index (χ1v) is 12.3. The molecule has 0 saturated carbocycles. The van der Waals surface area contributed by atoms with Crippen LogP contribution in [0.1, 0.15) is 24.0 Å². The third-order valence-electron chi connectivity index (χ3n) is 5.92.